The van der Waals surface area contributed by atoms with E-state index in [1.54, 1.807) is 28.4 Å². The van der Waals surface area contributed by atoms with E-state index in [1.165, 1.54) is 25.3 Å². The summed E-state index contributed by atoms with van der Waals surface area (Å²) in [7, 11) is 1.30. The molecular weight excluding hydrogens is 561 g/mol. The molecule has 5 rings (SSSR count). The van der Waals surface area contributed by atoms with Crippen LogP contribution in [0.25, 0.3) is 11.1 Å². The molecule has 3 aromatic rings. The van der Waals surface area contributed by atoms with E-state index >= 15 is 0 Å². The molecule has 2 aliphatic heterocycles. The molecule has 2 unspecified atom stereocenters. The van der Waals surface area contributed by atoms with Crippen molar-refractivity contribution in [1.82, 2.24) is 20.2 Å². The van der Waals surface area contributed by atoms with Crippen molar-refractivity contribution in [3.63, 3.8) is 0 Å². The van der Waals surface area contributed by atoms with E-state index in [-0.39, 0.29) is 22.9 Å². The van der Waals surface area contributed by atoms with E-state index < -0.39 is 29.3 Å². The molecule has 9 nitrogen and oxygen atoms in total. The SMILES string of the molecule is CCC(C)[C@H](NC(=O)N1CCC2(CC1)C(=O)N(c1ccc(F)c(Cl)c1)C2c1ccc(-c2cccnc2)cn1)C(=O)OC. The smallest absolute Gasteiger partial charge is 0.328 e. The van der Waals surface area contributed by atoms with Gasteiger partial charge in [-0.15, -0.1) is 0 Å². The van der Waals surface area contributed by atoms with Crippen LogP contribution in [-0.2, 0) is 14.3 Å². The first kappa shape index (κ1) is 29.4. The van der Waals surface area contributed by atoms with E-state index in [4.69, 9.17) is 21.3 Å². The van der Waals surface area contributed by atoms with Gasteiger partial charge in [0.05, 0.1) is 29.3 Å². The van der Waals surface area contributed by atoms with Crippen molar-refractivity contribution < 1.29 is 23.5 Å². The van der Waals surface area contributed by atoms with Crippen LogP contribution in [0.5, 0.6) is 0 Å². The van der Waals surface area contributed by atoms with Crippen LogP contribution >= 0.6 is 11.6 Å². The number of esters is 1. The van der Waals surface area contributed by atoms with Gasteiger partial charge in [0.15, 0.2) is 0 Å². The number of nitrogens with zero attached hydrogens (tertiary/aromatic N) is 4. The van der Waals surface area contributed by atoms with Crippen molar-refractivity contribution in [1.29, 1.82) is 0 Å². The summed E-state index contributed by atoms with van der Waals surface area (Å²) in [5, 5.41) is 2.75. The predicted molar refractivity (Wildman–Crippen MR) is 156 cm³/mol. The molecule has 0 saturated carbocycles. The number of carbonyl (C=O) groups is 3. The summed E-state index contributed by atoms with van der Waals surface area (Å²) in [5.41, 5.74) is 2.16. The van der Waals surface area contributed by atoms with E-state index in [1.807, 2.05) is 38.1 Å². The number of amides is 3. The highest BCUT2D eigenvalue weighted by Crippen LogP contribution is 2.57. The Kier molecular flexibility index (Phi) is 8.45. The van der Waals surface area contributed by atoms with Gasteiger partial charge in [-0.2, -0.15) is 0 Å². The maximum absolute atomic E-state index is 14.0. The number of β-lactam (4-membered cyclic amide) rings is 1. The molecule has 42 heavy (non-hydrogen) atoms. The van der Waals surface area contributed by atoms with Crippen molar-refractivity contribution in [2.45, 2.75) is 45.2 Å². The molecule has 1 spiro atoms. The second-order valence-electron chi connectivity index (χ2n) is 10.9. The summed E-state index contributed by atoms with van der Waals surface area (Å²) in [6.07, 6.45) is 6.69. The second kappa shape index (κ2) is 12.1. The third kappa shape index (κ3) is 5.31. The van der Waals surface area contributed by atoms with Crippen LogP contribution < -0.4 is 10.2 Å². The van der Waals surface area contributed by atoms with Crippen LogP contribution in [-0.4, -0.2) is 59.0 Å². The lowest BCUT2D eigenvalue weighted by molar-refractivity contribution is -0.144. The van der Waals surface area contributed by atoms with Gasteiger partial charge in [-0.1, -0.05) is 44.0 Å². The lowest BCUT2D eigenvalue weighted by atomic mass is 9.63. The lowest BCUT2D eigenvalue weighted by Crippen LogP contribution is -2.67. The quantitative estimate of drug-likeness (QED) is 0.290. The van der Waals surface area contributed by atoms with Crippen LogP contribution in [0, 0.1) is 17.2 Å². The first-order valence-corrected chi connectivity index (χ1v) is 14.4. The van der Waals surface area contributed by atoms with E-state index in [9.17, 15) is 18.8 Å². The fraction of sp³-hybridized carbons (Fsp3) is 0.387. The highest BCUT2D eigenvalue weighted by Gasteiger charge is 2.63. The van der Waals surface area contributed by atoms with Crippen LogP contribution in [0.3, 0.4) is 0 Å². The normalized spacial score (nSPS) is 19.2. The standard InChI is InChI=1S/C31H33ClFN5O4/c1-4-19(2)26(28(39)42-3)36-30(41)37-14-11-31(12-15-37)27(38(29(31)40)22-8-9-24(33)23(32)16-22)25-10-7-21(18-35-25)20-6-5-13-34-17-20/h5-10,13,16-19,26-27H,4,11-12,14-15H2,1-3H3,(H,36,41)/t19?,26-,27?/m0/s1. The summed E-state index contributed by atoms with van der Waals surface area (Å²) in [5.74, 6) is -1.29. The van der Waals surface area contributed by atoms with E-state index in [0.717, 1.165) is 11.1 Å². The Morgan fingerprint density at radius 1 is 1.17 bits per heavy atom. The molecule has 3 atom stereocenters. The molecule has 2 saturated heterocycles. The van der Waals surface area contributed by atoms with Gasteiger partial charge in [0.2, 0.25) is 5.91 Å². The molecule has 1 aromatic carbocycles. The number of benzene rings is 1. The van der Waals surface area contributed by atoms with Gasteiger partial charge >= 0.3 is 12.0 Å². The first-order valence-electron chi connectivity index (χ1n) is 14.0. The largest absolute Gasteiger partial charge is 0.467 e. The molecule has 2 aliphatic rings. The van der Waals surface area contributed by atoms with Gasteiger partial charge in [-0.25, -0.2) is 14.0 Å². The van der Waals surface area contributed by atoms with Crippen molar-refractivity contribution in [3.8, 4) is 11.1 Å². The van der Waals surface area contributed by atoms with Crippen LogP contribution in [0.15, 0.2) is 61.1 Å². The molecule has 1 N–H and O–H groups in total. The highest BCUT2D eigenvalue weighted by atomic mass is 35.5. The van der Waals surface area contributed by atoms with Crippen molar-refractivity contribution in [2.24, 2.45) is 11.3 Å². The van der Waals surface area contributed by atoms with Crippen LogP contribution in [0.4, 0.5) is 14.9 Å². The zero-order valence-electron chi connectivity index (χ0n) is 23.7. The van der Waals surface area contributed by atoms with Gasteiger partial charge in [0.25, 0.3) is 0 Å². The minimum absolute atomic E-state index is 0.0761. The van der Waals surface area contributed by atoms with Gasteiger partial charge in [0, 0.05) is 48.5 Å². The number of piperidine rings is 1. The number of anilines is 1. The summed E-state index contributed by atoms with van der Waals surface area (Å²) in [4.78, 5) is 51.5. The average molecular weight is 594 g/mol. The molecule has 0 bridgehead atoms. The van der Waals surface area contributed by atoms with Crippen molar-refractivity contribution in [3.05, 3.63) is 77.6 Å². The summed E-state index contributed by atoms with van der Waals surface area (Å²) in [6.45, 7) is 4.45. The maximum Gasteiger partial charge on any atom is 0.328 e. The summed E-state index contributed by atoms with van der Waals surface area (Å²) in [6, 6.07) is 10.3. The Balaban J connectivity index is 1.40. The number of urea groups is 1. The molecule has 2 fully saturated rings. The lowest BCUT2D eigenvalue weighted by Gasteiger charge is -2.58. The molecule has 4 heterocycles. The van der Waals surface area contributed by atoms with E-state index in [2.05, 4.69) is 10.3 Å². The Morgan fingerprint density at radius 3 is 2.50 bits per heavy atom. The third-order valence-corrected chi connectivity index (χ3v) is 8.85. The molecule has 2 aromatic heterocycles. The zero-order valence-corrected chi connectivity index (χ0v) is 24.5. The van der Waals surface area contributed by atoms with Gasteiger partial charge in [0.1, 0.15) is 11.9 Å². The summed E-state index contributed by atoms with van der Waals surface area (Å²) >= 11 is 6.09. The minimum atomic E-state index is -0.807. The van der Waals surface area contributed by atoms with Crippen LogP contribution in [0.1, 0.15) is 44.8 Å². The number of pyridine rings is 2. The second-order valence-corrected chi connectivity index (χ2v) is 11.3. The van der Waals surface area contributed by atoms with Crippen molar-refractivity contribution in [2.75, 3.05) is 25.1 Å². The Hall–Kier alpha value is -4.05. The number of hydrogen-bond acceptors (Lipinski definition) is 6. The number of nitrogens with one attached hydrogen (secondary N) is 1. The fourth-order valence-electron chi connectivity index (χ4n) is 5.86. The Labute approximate surface area is 249 Å². The van der Waals surface area contributed by atoms with Gasteiger partial charge in [-0.3, -0.25) is 14.8 Å². The number of hydrogen-bond donors (Lipinski definition) is 1. The Bertz CT molecular complexity index is 1460. The fourth-order valence-corrected chi connectivity index (χ4v) is 6.03. The topological polar surface area (TPSA) is 105 Å². The number of ether oxygens (including phenoxy) is 1. The van der Waals surface area contributed by atoms with Crippen molar-refractivity contribution >= 4 is 35.2 Å². The Morgan fingerprint density at radius 2 is 1.90 bits per heavy atom. The number of halogens is 2. The zero-order chi connectivity index (χ0) is 30.0. The molecule has 0 radical (unpaired) electrons. The molecular formula is C31H33ClFN5O4. The maximum atomic E-state index is 14.0. The number of carbonyl (C=O) groups excluding carboxylic acids is 3. The van der Waals surface area contributed by atoms with E-state index in [0.29, 0.717) is 43.7 Å². The van der Waals surface area contributed by atoms with Gasteiger partial charge < -0.3 is 19.9 Å². The summed E-state index contributed by atoms with van der Waals surface area (Å²) < 4.78 is 18.9. The number of methoxy groups -OCH3 is 1. The first-order chi connectivity index (χ1) is 20.2. The third-order valence-electron chi connectivity index (χ3n) is 8.56. The average Bonchev–Trinajstić information content (AvgIpc) is 3.03. The molecule has 11 heteroatoms. The minimum Gasteiger partial charge on any atom is -0.467 e. The van der Waals surface area contributed by atoms with Crippen LogP contribution in [0.2, 0.25) is 5.02 Å². The predicted octanol–water partition coefficient (Wildman–Crippen LogP) is 5.40. The highest BCUT2D eigenvalue weighted by molar-refractivity contribution is 6.31. The molecule has 3 amide bonds. The van der Waals surface area contributed by atoms with Gasteiger partial charge in [-0.05, 0) is 49.1 Å². The number of aromatic nitrogens is 2. The monoisotopic (exact) mass is 593 g/mol. The number of rotatable bonds is 7. The molecule has 220 valence electrons. The molecule has 0 aliphatic carbocycles. The number of likely N-dealkylation sites (tertiary alicyclic amines) is 1.